The highest BCUT2D eigenvalue weighted by Crippen LogP contribution is 2.35. The number of nitrogens with zero attached hydrogens (tertiary/aromatic N) is 1. The molecule has 0 aliphatic carbocycles. The number of aliphatic hydroxyl groups is 1. The molecule has 0 aliphatic rings. The van der Waals surface area contributed by atoms with Crippen molar-refractivity contribution in [3.8, 4) is 11.8 Å². The van der Waals surface area contributed by atoms with Crippen molar-refractivity contribution in [2.45, 2.75) is 50.4 Å². The van der Waals surface area contributed by atoms with Crippen LogP contribution in [0.25, 0.3) is 15.0 Å². The Kier molecular flexibility index (Phi) is 8.42. The lowest BCUT2D eigenvalue weighted by molar-refractivity contribution is -0.142. The molecule has 2 rings (SSSR count). The van der Waals surface area contributed by atoms with Gasteiger partial charge >= 0.3 is 23.0 Å². The number of carbonyl (C=O) groups is 1. The van der Waals surface area contributed by atoms with Crippen LogP contribution in [0.2, 0.25) is 0 Å². The zero-order valence-corrected chi connectivity index (χ0v) is 20.2. The third-order valence-electron chi connectivity index (χ3n) is 4.53. The summed E-state index contributed by atoms with van der Waals surface area (Å²) in [4.78, 5) is 11.6. The Morgan fingerprint density at radius 2 is 1.93 bits per heavy atom. The maximum atomic E-state index is 12.4. The van der Waals surface area contributed by atoms with Gasteiger partial charge in [-0.15, -0.1) is 0 Å². The van der Waals surface area contributed by atoms with E-state index in [0.717, 1.165) is 20.8 Å². The first-order chi connectivity index (χ1) is 14.1. The van der Waals surface area contributed by atoms with Crippen molar-refractivity contribution in [1.29, 1.82) is 0 Å². The average Bonchev–Trinajstić information content (AvgIpc) is 2.70. The van der Waals surface area contributed by atoms with Gasteiger partial charge in [0.2, 0.25) is 0 Å². The van der Waals surface area contributed by atoms with E-state index in [1.165, 1.54) is 7.11 Å². The van der Waals surface area contributed by atoms with E-state index in [-0.39, 0.29) is 12.8 Å². The normalized spacial score (nSPS) is 14.4. The Morgan fingerprint density at radius 1 is 1.23 bits per heavy atom. The van der Waals surface area contributed by atoms with Crippen molar-refractivity contribution in [3.63, 3.8) is 0 Å². The van der Waals surface area contributed by atoms with E-state index < -0.39 is 33.7 Å². The first-order valence-electron chi connectivity index (χ1n) is 9.46. The summed E-state index contributed by atoms with van der Waals surface area (Å²) in [6.07, 6.45) is -0.930. The fraction of sp³-hybridized carbons (Fsp3) is 0.455. The minimum Gasteiger partial charge on any atom is -0.497 e. The Bertz CT molecular complexity index is 1010. The molecule has 0 fully saturated rings. The first-order valence-corrected chi connectivity index (χ1v) is 11.4. The predicted molar refractivity (Wildman–Crippen MR) is 123 cm³/mol. The van der Waals surface area contributed by atoms with E-state index in [4.69, 9.17) is 4.74 Å². The highest BCUT2D eigenvalue weighted by atomic mass is 79.9. The third-order valence-corrected chi connectivity index (χ3v) is 6.54. The SMILES string of the molecule is COC(=O)C[C@H](O)CC(C#[N+][S@](=O)C(C)(C)C)c1ccc(Br)c2ccc(OC)cc12. The van der Waals surface area contributed by atoms with Gasteiger partial charge in [-0.25, -0.2) is 0 Å². The van der Waals surface area contributed by atoms with Crippen LogP contribution in [0, 0.1) is 6.07 Å². The van der Waals surface area contributed by atoms with Gasteiger partial charge in [-0.2, -0.15) is 4.21 Å². The van der Waals surface area contributed by atoms with Crippen molar-refractivity contribution in [3.05, 3.63) is 44.6 Å². The van der Waals surface area contributed by atoms with E-state index >= 15 is 0 Å². The summed E-state index contributed by atoms with van der Waals surface area (Å²) in [6.45, 7) is 5.49. The molecule has 30 heavy (non-hydrogen) atoms. The maximum absolute atomic E-state index is 12.4. The molecular weight excluding hydrogens is 470 g/mol. The fourth-order valence-electron chi connectivity index (χ4n) is 2.87. The second kappa shape index (κ2) is 10.4. The smallest absolute Gasteiger partial charge is 0.418 e. The molecule has 1 N–H and O–H groups in total. The van der Waals surface area contributed by atoms with Gasteiger partial charge in [-0.05, 0) is 67.8 Å². The number of esters is 1. The van der Waals surface area contributed by atoms with E-state index in [2.05, 4.69) is 31.0 Å². The van der Waals surface area contributed by atoms with Gasteiger partial charge in [0.25, 0.3) is 0 Å². The van der Waals surface area contributed by atoms with Crippen LogP contribution in [-0.2, 0) is 20.5 Å². The van der Waals surface area contributed by atoms with Gasteiger partial charge in [-0.1, -0.05) is 22.0 Å². The summed E-state index contributed by atoms with van der Waals surface area (Å²) in [5, 5.41) is 12.3. The average molecular weight is 497 g/mol. The Balaban J connectivity index is 2.56. The van der Waals surface area contributed by atoms with Crippen LogP contribution in [0.15, 0.2) is 34.8 Å². The number of hydrogen-bond donors (Lipinski definition) is 1. The number of halogens is 1. The molecular formula is C22H27BrNO5S+. The molecule has 0 aromatic heterocycles. The second-order valence-corrected chi connectivity index (χ2v) is 10.6. The Morgan fingerprint density at radius 3 is 2.53 bits per heavy atom. The minimum atomic E-state index is -1.50. The lowest BCUT2D eigenvalue weighted by Crippen LogP contribution is -2.19. The van der Waals surface area contributed by atoms with Gasteiger partial charge < -0.3 is 14.6 Å². The molecule has 1 unspecified atom stereocenters. The first kappa shape index (κ1) is 24.3. The fourth-order valence-corrected chi connectivity index (χ4v) is 3.85. The summed E-state index contributed by atoms with van der Waals surface area (Å²) in [7, 11) is 1.38. The maximum Gasteiger partial charge on any atom is 0.418 e. The third kappa shape index (κ3) is 6.27. The van der Waals surface area contributed by atoms with Crippen LogP contribution < -0.4 is 4.74 Å². The molecule has 0 saturated carbocycles. The number of aliphatic hydroxyl groups excluding tert-OH is 1. The number of hydrogen-bond acceptors (Lipinski definition) is 5. The van der Waals surface area contributed by atoms with E-state index in [0.29, 0.717) is 5.75 Å². The van der Waals surface area contributed by atoms with Crippen LogP contribution in [-0.4, -0.2) is 40.4 Å². The number of carbonyl (C=O) groups excluding carboxylic acids is 1. The predicted octanol–water partition coefficient (Wildman–Crippen LogP) is 4.80. The number of rotatable bonds is 6. The second-order valence-electron chi connectivity index (χ2n) is 7.85. The number of methoxy groups -OCH3 is 2. The monoisotopic (exact) mass is 496 g/mol. The number of ether oxygens (including phenoxy) is 2. The zero-order valence-electron chi connectivity index (χ0n) is 17.8. The van der Waals surface area contributed by atoms with Crippen LogP contribution >= 0.6 is 15.9 Å². The van der Waals surface area contributed by atoms with E-state index in [1.54, 1.807) is 7.11 Å². The summed E-state index contributed by atoms with van der Waals surface area (Å²) >= 11 is 3.56. The summed E-state index contributed by atoms with van der Waals surface area (Å²) in [5.41, 5.74) is 0.839. The highest BCUT2D eigenvalue weighted by Gasteiger charge is 2.31. The van der Waals surface area contributed by atoms with Crippen molar-refractivity contribution >= 4 is 43.7 Å². The molecule has 0 spiro atoms. The molecule has 0 saturated heterocycles. The Hall–Kier alpha value is -1.95. The molecule has 6 nitrogen and oxygen atoms in total. The summed E-state index contributed by atoms with van der Waals surface area (Å²) in [6, 6.07) is 12.5. The molecule has 0 amide bonds. The molecule has 3 atom stereocenters. The van der Waals surface area contributed by atoms with Gasteiger partial charge in [0, 0.05) is 8.72 Å². The van der Waals surface area contributed by atoms with Gasteiger partial charge in [0.05, 0.1) is 26.7 Å². The van der Waals surface area contributed by atoms with Crippen LogP contribution in [0.5, 0.6) is 5.75 Å². The van der Waals surface area contributed by atoms with Crippen LogP contribution in [0.3, 0.4) is 0 Å². The van der Waals surface area contributed by atoms with Crippen molar-refractivity contribution in [2.24, 2.45) is 0 Å². The molecule has 0 heterocycles. The Labute approximate surface area is 188 Å². The molecule has 2 aromatic rings. The van der Waals surface area contributed by atoms with Gasteiger partial charge in [0.1, 0.15) is 16.4 Å². The zero-order chi connectivity index (χ0) is 22.5. The van der Waals surface area contributed by atoms with E-state index in [9.17, 15) is 14.1 Å². The van der Waals surface area contributed by atoms with Crippen molar-refractivity contribution in [2.75, 3.05) is 14.2 Å². The van der Waals surface area contributed by atoms with Gasteiger partial charge in [0.15, 0.2) is 0 Å². The highest BCUT2D eigenvalue weighted by molar-refractivity contribution is 9.10. The van der Waals surface area contributed by atoms with Gasteiger partial charge in [-0.3, -0.25) is 4.79 Å². The summed E-state index contributed by atoms with van der Waals surface area (Å²) < 4.78 is 27.0. The molecule has 0 radical (unpaired) electrons. The quantitative estimate of drug-likeness (QED) is 0.580. The van der Waals surface area contributed by atoms with Crippen molar-refractivity contribution < 1.29 is 23.6 Å². The minimum absolute atomic E-state index is 0.144. The molecule has 8 heteroatoms. The standard InChI is InChI=1S/C22H27BrNO5S/c1-22(2,3)30(27)24-13-14(10-15(25)11-21(26)29-5)17-8-9-20(23)18-7-6-16(28-4)12-19(17)18/h6-9,12,14-15,25H,10-11H2,1-5H3/q+1/t14?,15-,30-/m1/s1. The van der Waals surface area contributed by atoms with E-state index in [1.807, 2.05) is 51.1 Å². The number of benzene rings is 2. The molecule has 0 aliphatic heterocycles. The van der Waals surface area contributed by atoms with Crippen molar-refractivity contribution in [1.82, 2.24) is 0 Å². The van der Waals surface area contributed by atoms with Crippen LogP contribution in [0.4, 0.5) is 0 Å². The lowest BCUT2D eigenvalue weighted by Gasteiger charge is -2.16. The largest absolute Gasteiger partial charge is 0.497 e. The topological polar surface area (TPSA) is 77.2 Å². The lowest BCUT2D eigenvalue weighted by atomic mass is 9.89. The number of fused-ring (bicyclic) bond motifs is 1. The van der Waals surface area contributed by atoms with Crippen LogP contribution in [0.1, 0.15) is 45.1 Å². The molecule has 0 bridgehead atoms. The molecule has 2 aromatic carbocycles. The molecule has 162 valence electrons. The summed E-state index contributed by atoms with van der Waals surface area (Å²) in [5.74, 6) is -0.302.